The van der Waals surface area contributed by atoms with Crippen LogP contribution < -0.4 is 0 Å². The van der Waals surface area contributed by atoms with Gasteiger partial charge in [0.25, 0.3) is 0 Å². The van der Waals surface area contributed by atoms with Crippen LogP contribution in [-0.4, -0.2) is 36.8 Å². The third-order valence-corrected chi connectivity index (χ3v) is 4.12. The first-order chi connectivity index (χ1) is 11.6. The van der Waals surface area contributed by atoms with Crippen LogP contribution in [0.15, 0.2) is 30.9 Å². The van der Waals surface area contributed by atoms with E-state index in [1.165, 1.54) is 19.0 Å². The molecule has 0 spiro atoms. The Morgan fingerprint density at radius 2 is 2.21 bits per heavy atom. The number of hydrogen-bond donors (Lipinski definition) is 1. The van der Waals surface area contributed by atoms with Gasteiger partial charge in [-0.15, -0.1) is 0 Å². The molecule has 1 aliphatic rings. The molecule has 7 nitrogen and oxygen atoms in total. The van der Waals surface area contributed by atoms with E-state index < -0.39 is 0 Å². The van der Waals surface area contributed by atoms with Crippen LogP contribution in [0.5, 0.6) is 5.75 Å². The lowest BCUT2D eigenvalue weighted by atomic mass is 10.2. The van der Waals surface area contributed by atoms with Gasteiger partial charge in [0.1, 0.15) is 0 Å². The van der Waals surface area contributed by atoms with Crippen LogP contribution in [0.1, 0.15) is 47.3 Å². The van der Waals surface area contributed by atoms with Gasteiger partial charge in [-0.1, -0.05) is 0 Å². The normalized spacial score (nSPS) is 14.2. The number of carbonyl (C=O) groups is 1. The number of rotatable bonds is 5. The largest absolute Gasteiger partial charge is 0.504 e. The Hall–Kier alpha value is -2.83. The second-order valence-electron chi connectivity index (χ2n) is 6.04. The Morgan fingerprint density at radius 3 is 2.96 bits per heavy atom. The van der Waals surface area contributed by atoms with Gasteiger partial charge in [0.15, 0.2) is 11.4 Å². The fourth-order valence-electron chi connectivity index (χ4n) is 2.80. The maximum atomic E-state index is 11.7. The van der Waals surface area contributed by atoms with Crippen molar-refractivity contribution in [3.8, 4) is 5.75 Å². The third kappa shape index (κ3) is 2.73. The van der Waals surface area contributed by atoms with E-state index in [2.05, 4.69) is 10.1 Å². The van der Waals surface area contributed by atoms with Crippen molar-refractivity contribution < 1.29 is 14.6 Å². The van der Waals surface area contributed by atoms with Gasteiger partial charge in [0.05, 0.1) is 30.6 Å². The third-order valence-electron chi connectivity index (χ3n) is 4.12. The predicted octanol–water partition coefficient (Wildman–Crippen LogP) is 2.34. The summed E-state index contributed by atoms with van der Waals surface area (Å²) >= 11 is 0. The van der Waals surface area contributed by atoms with E-state index in [0.717, 1.165) is 11.3 Å². The van der Waals surface area contributed by atoms with Crippen LogP contribution in [0, 0.1) is 0 Å². The average Bonchev–Trinajstić information content (AvgIpc) is 3.16. The van der Waals surface area contributed by atoms with Gasteiger partial charge < -0.3 is 14.2 Å². The van der Waals surface area contributed by atoms with E-state index in [0.29, 0.717) is 30.3 Å². The molecule has 4 rings (SSSR count). The first-order valence-electron chi connectivity index (χ1n) is 8.04. The number of fused-ring (bicyclic) bond motifs is 1. The van der Waals surface area contributed by atoms with Crippen molar-refractivity contribution in [2.45, 2.75) is 32.2 Å². The highest BCUT2D eigenvalue weighted by Gasteiger charge is 2.25. The molecule has 1 fully saturated rings. The zero-order chi connectivity index (χ0) is 16.7. The molecule has 0 saturated heterocycles. The number of pyridine rings is 1. The van der Waals surface area contributed by atoms with Crippen molar-refractivity contribution in [2.75, 3.05) is 6.61 Å². The smallest absolute Gasteiger partial charge is 0.341 e. The Morgan fingerprint density at radius 1 is 1.38 bits per heavy atom. The van der Waals surface area contributed by atoms with Crippen LogP contribution in [-0.2, 0) is 11.3 Å². The van der Waals surface area contributed by atoms with E-state index in [4.69, 9.17) is 4.74 Å². The summed E-state index contributed by atoms with van der Waals surface area (Å²) in [6.07, 6.45) is 9.38. The lowest BCUT2D eigenvalue weighted by Gasteiger charge is -2.01. The fraction of sp³-hybridized carbons (Fsp3) is 0.353. The molecule has 0 aromatic carbocycles. The average molecular weight is 326 g/mol. The Kier molecular flexibility index (Phi) is 3.48. The van der Waals surface area contributed by atoms with E-state index in [9.17, 15) is 9.90 Å². The lowest BCUT2D eigenvalue weighted by molar-refractivity contribution is 0.0526. The van der Waals surface area contributed by atoms with E-state index in [1.54, 1.807) is 23.9 Å². The quantitative estimate of drug-likeness (QED) is 0.728. The molecule has 1 aliphatic carbocycles. The number of ether oxygens (including phenoxy) is 1. The van der Waals surface area contributed by atoms with E-state index in [1.807, 2.05) is 16.8 Å². The van der Waals surface area contributed by atoms with Gasteiger partial charge in [0.2, 0.25) is 0 Å². The molecular weight excluding hydrogens is 308 g/mol. The highest BCUT2D eigenvalue weighted by molar-refractivity contribution is 5.88. The van der Waals surface area contributed by atoms with Crippen LogP contribution in [0.25, 0.3) is 5.65 Å². The maximum absolute atomic E-state index is 11.7. The number of aromatic hydroxyl groups is 1. The van der Waals surface area contributed by atoms with Crippen molar-refractivity contribution in [1.82, 2.24) is 19.2 Å². The van der Waals surface area contributed by atoms with Crippen LogP contribution in [0.4, 0.5) is 0 Å². The molecule has 1 N–H and O–H groups in total. The van der Waals surface area contributed by atoms with Gasteiger partial charge in [-0.3, -0.25) is 4.68 Å². The van der Waals surface area contributed by atoms with Crippen LogP contribution in [0.3, 0.4) is 0 Å². The predicted molar refractivity (Wildman–Crippen MR) is 86.1 cm³/mol. The molecule has 24 heavy (non-hydrogen) atoms. The summed E-state index contributed by atoms with van der Waals surface area (Å²) in [5.41, 5.74) is 2.86. The maximum Gasteiger partial charge on any atom is 0.341 e. The minimum absolute atomic E-state index is 0.193. The molecule has 0 atom stereocenters. The minimum atomic E-state index is -0.384. The topological polar surface area (TPSA) is 81.7 Å². The molecule has 124 valence electrons. The number of carbonyl (C=O) groups excluding carboxylic acids is 1. The number of hydrogen-bond acceptors (Lipinski definition) is 5. The number of aromatic nitrogens is 4. The Labute approximate surface area is 138 Å². The van der Waals surface area contributed by atoms with Crippen molar-refractivity contribution in [2.24, 2.45) is 0 Å². The summed E-state index contributed by atoms with van der Waals surface area (Å²) < 4.78 is 8.44. The summed E-state index contributed by atoms with van der Waals surface area (Å²) in [6.45, 7) is 2.51. The first-order valence-corrected chi connectivity index (χ1v) is 8.04. The van der Waals surface area contributed by atoms with Crippen molar-refractivity contribution in [3.63, 3.8) is 0 Å². The van der Waals surface area contributed by atoms with Crippen molar-refractivity contribution in [3.05, 3.63) is 47.7 Å². The molecule has 0 radical (unpaired) electrons. The van der Waals surface area contributed by atoms with Crippen LogP contribution >= 0.6 is 0 Å². The van der Waals surface area contributed by atoms with Gasteiger partial charge in [-0.2, -0.15) is 5.10 Å². The molecule has 0 amide bonds. The highest BCUT2D eigenvalue weighted by atomic mass is 16.5. The van der Waals surface area contributed by atoms with Gasteiger partial charge in [0, 0.05) is 18.6 Å². The molecule has 1 saturated carbocycles. The number of esters is 1. The first kappa shape index (κ1) is 14.7. The molecule has 3 aromatic heterocycles. The monoisotopic (exact) mass is 326 g/mol. The Balaban J connectivity index is 1.58. The molecule has 0 bridgehead atoms. The second-order valence-corrected chi connectivity index (χ2v) is 6.04. The number of nitrogens with zero attached hydrogens (tertiary/aromatic N) is 4. The zero-order valence-corrected chi connectivity index (χ0v) is 13.3. The standard InChI is InChI=1S/C17H18N4O3/c1-2-24-17(23)13-6-18-21(8-13)10-14-9-20-7-12(11-3-4-11)5-15(22)16(20)19-14/h5-9,11,22H,2-4,10H2,1H3. The summed E-state index contributed by atoms with van der Waals surface area (Å²) in [5.74, 6) is 0.369. The molecule has 3 heterocycles. The zero-order valence-electron chi connectivity index (χ0n) is 13.3. The summed E-state index contributed by atoms with van der Waals surface area (Å²) in [7, 11) is 0. The van der Waals surface area contributed by atoms with Crippen LogP contribution in [0.2, 0.25) is 0 Å². The Bertz CT molecular complexity index is 908. The highest BCUT2D eigenvalue weighted by Crippen LogP contribution is 2.41. The van der Waals surface area contributed by atoms with Gasteiger partial charge in [-0.05, 0) is 37.3 Å². The number of imidazole rings is 1. The van der Waals surface area contributed by atoms with Crippen molar-refractivity contribution >= 4 is 11.6 Å². The van der Waals surface area contributed by atoms with Gasteiger partial charge >= 0.3 is 5.97 Å². The second kappa shape index (κ2) is 5.67. The SMILES string of the molecule is CCOC(=O)c1cnn(Cc2cn3cc(C4CC4)cc(O)c3n2)c1. The molecule has 3 aromatic rings. The van der Waals surface area contributed by atoms with E-state index >= 15 is 0 Å². The minimum Gasteiger partial charge on any atom is -0.504 e. The lowest BCUT2D eigenvalue weighted by Crippen LogP contribution is -2.04. The summed E-state index contributed by atoms with van der Waals surface area (Å²) in [4.78, 5) is 16.1. The van der Waals surface area contributed by atoms with Crippen molar-refractivity contribution in [1.29, 1.82) is 0 Å². The summed E-state index contributed by atoms with van der Waals surface area (Å²) in [5, 5.41) is 14.3. The molecule has 7 heteroatoms. The van der Waals surface area contributed by atoms with Gasteiger partial charge in [-0.25, -0.2) is 9.78 Å². The van der Waals surface area contributed by atoms with E-state index in [-0.39, 0.29) is 11.7 Å². The molecule has 0 aliphatic heterocycles. The summed E-state index contributed by atoms with van der Waals surface area (Å²) in [6, 6.07) is 1.80. The fourth-order valence-corrected chi connectivity index (χ4v) is 2.80. The molecular formula is C17H18N4O3. The molecule has 0 unspecified atom stereocenters.